The minimum atomic E-state index is -4.33. The number of benzene rings is 1. The summed E-state index contributed by atoms with van der Waals surface area (Å²) in [4.78, 5) is 4.41. The number of pyridine rings is 1. The molecule has 0 unspecified atom stereocenters. The van der Waals surface area contributed by atoms with Crippen molar-refractivity contribution in [2.24, 2.45) is 4.99 Å². The zero-order chi connectivity index (χ0) is 19.3. The van der Waals surface area contributed by atoms with Gasteiger partial charge in [0.2, 0.25) is 0 Å². The Kier molecular flexibility index (Phi) is 7.61. The number of alkyl halides is 3. The van der Waals surface area contributed by atoms with Gasteiger partial charge in [0, 0.05) is 12.7 Å². The summed E-state index contributed by atoms with van der Waals surface area (Å²) in [6, 6.07) is 10.6. The molecule has 0 aliphatic carbocycles. The molecule has 0 atom stereocenters. The van der Waals surface area contributed by atoms with E-state index < -0.39 is 11.7 Å². The van der Waals surface area contributed by atoms with Crippen LogP contribution in [-0.2, 0) is 19.3 Å². The lowest BCUT2D eigenvalue weighted by molar-refractivity contribution is -0.137. The van der Waals surface area contributed by atoms with E-state index in [-0.39, 0.29) is 30.5 Å². The van der Waals surface area contributed by atoms with Crippen LogP contribution in [0.15, 0.2) is 53.7 Å². The van der Waals surface area contributed by atoms with Gasteiger partial charge in [-0.15, -0.1) is 34.2 Å². The number of guanidine groups is 1. The second-order valence-corrected chi connectivity index (χ2v) is 5.79. The second kappa shape index (κ2) is 9.71. The van der Waals surface area contributed by atoms with Gasteiger partial charge in [-0.2, -0.15) is 13.2 Å². The molecule has 2 aromatic heterocycles. The molecule has 0 saturated carbocycles. The number of hydrogen-bond donors (Lipinski definition) is 2. The quantitative estimate of drug-likeness (QED) is 0.317. The van der Waals surface area contributed by atoms with Gasteiger partial charge in [0.1, 0.15) is 0 Å². The van der Waals surface area contributed by atoms with Gasteiger partial charge in [-0.25, -0.2) is 4.99 Å². The van der Waals surface area contributed by atoms with Crippen LogP contribution in [0.5, 0.6) is 0 Å². The molecule has 10 heteroatoms. The highest BCUT2D eigenvalue weighted by molar-refractivity contribution is 14.0. The first-order valence-electron chi connectivity index (χ1n) is 8.44. The van der Waals surface area contributed by atoms with Crippen LogP contribution in [0.1, 0.15) is 23.9 Å². The Hall–Kier alpha value is -2.37. The van der Waals surface area contributed by atoms with E-state index in [1.807, 2.05) is 35.7 Å². The van der Waals surface area contributed by atoms with Crippen LogP contribution >= 0.6 is 24.0 Å². The average Bonchev–Trinajstić information content (AvgIpc) is 3.07. The normalized spacial score (nSPS) is 11.9. The Morgan fingerprint density at radius 1 is 1.07 bits per heavy atom. The van der Waals surface area contributed by atoms with Crippen LogP contribution < -0.4 is 10.6 Å². The zero-order valence-electron chi connectivity index (χ0n) is 15.1. The molecule has 0 radical (unpaired) electrons. The first kappa shape index (κ1) is 21.9. The molecule has 2 heterocycles. The van der Waals surface area contributed by atoms with Crippen LogP contribution in [0.3, 0.4) is 0 Å². The van der Waals surface area contributed by atoms with E-state index in [0.29, 0.717) is 24.6 Å². The molecule has 0 bridgehead atoms. The first-order valence-corrected chi connectivity index (χ1v) is 8.44. The van der Waals surface area contributed by atoms with Crippen molar-refractivity contribution in [3.8, 4) is 0 Å². The molecule has 0 aliphatic rings. The maximum Gasteiger partial charge on any atom is 0.416 e. The van der Waals surface area contributed by atoms with E-state index in [1.54, 1.807) is 0 Å². The maximum atomic E-state index is 12.6. The lowest BCUT2D eigenvalue weighted by Gasteiger charge is -2.11. The number of rotatable bonds is 5. The lowest BCUT2D eigenvalue weighted by atomic mass is 10.1. The molecule has 0 fully saturated rings. The highest BCUT2D eigenvalue weighted by Crippen LogP contribution is 2.29. The number of aliphatic imine (C=N–C) groups is 1. The van der Waals surface area contributed by atoms with Crippen LogP contribution in [0, 0.1) is 0 Å². The fourth-order valence-electron chi connectivity index (χ4n) is 2.49. The molecular weight excluding hydrogens is 484 g/mol. The van der Waals surface area contributed by atoms with Gasteiger partial charge in [-0.1, -0.05) is 18.2 Å². The molecule has 1 aromatic carbocycles. The summed E-state index contributed by atoms with van der Waals surface area (Å²) in [5.74, 6) is 1.27. The summed E-state index contributed by atoms with van der Waals surface area (Å²) in [5.41, 5.74) is 0.771. The minimum Gasteiger partial charge on any atom is -0.357 e. The molecule has 3 aromatic rings. The summed E-state index contributed by atoms with van der Waals surface area (Å²) in [7, 11) is 0. The van der Waals surface area contributed by atoms with E-state index in [1.165, 1.54) is 12.1 Å². The maximum absolute atomic E-state index is 12.6. The van der Waals surface area contributed by atoms with E-state index in [4.69, 9.17) is 0 Å². The van der Waals surface area contributed by atoms with Crippen LogP contribution in [0.25, 0.3) is 5.65 Å². The minimum absolute atomic E-state index is 0. The number of nitrogens with zero attached hydrogens (tertiary/aromatic N) is 4. The zero-order valence-corrected chi connectivity index (χ0v) is 17.4. The largest absolute Gasteiger partial charge is 0.416 e. The molecule has 6 nitrogen and oxygen atoms in total. The van der Waals surface area contributed by atoms with Crippen molar-refractivity contribution in [2.75, 3.05) is 6.54 Å². The van der Waals surface area contributed by atoms with Crippen molar-refractivity contribution >= 4 is 35.6 Å². The van der Waals surface area contributed by atoms with Crippen LogP contribution in [0.4, 0.5) is 13.2 Å². The number of fused-ring (bicyclic) bond motifs is 1. The molecular formula is C18H20F3IN6. The first-order chi connectivity index (χ1) is 13.0. The van der Waals surface area contributed by atoms with Crippen molar-refractivity contribution in [2.45, 2.75) is 26.2 Å². The smallest absolute Gasteiger partial charge is 0.357 e. The Morgan fingerprint density at radius 3 is 2.50 bits per heavy atom. The third-order valence-corrected chi connectivity index (χ3v) is 3.84. The topological polar surface area (TPSA) is 66.6 Å². The summed E-state index contributed by atoms with van der Waals surface area (Å²) < 4.78 is 39.7. The number of aromatic nitrogens is 3. The third-order valence-electron chi connectivity index (χ3n) is 3.84. The SMILES string of the molecule is CCNC(=NCc1ccc(C(F)(F)F)cc1)NCc1nnc2ccccn12.I. The van der Waals surface area contributed by atoms with E-state index >= 15 is 0 Å². The van der Waals surface area contributed by atoms with Crippen molar-refractivity contribution in [1.29, 1.82) is 0 Å². The second-order valence-electron chi connectivity index (χ2n) is 5.79. The van der Waals surface area contributed by atoms with Crippen LogP contribution in [0.2, 0.25) is 0 Å². The monoisotopic (exact) mass is 504 g/mol. The van der Waals surface area contributed by atoms with Gasteiger partial charge in [-0.3, -0.25) is 4.40 Å². The molecule has 0 aliphatic heterocycles. The predicted octanol–water partition coefficient (Wildman–Crippen LogP) is 3.62. The van der Waals surface area contributed by atoms with Gasteiger partial charge >= 0.3 is 6.18 Å². The summed E-state index contributed by atoms with van der Waals surface area (Å²) >= 11 is 0. The average molecular weight is 504 g/mol. The Balaban J connectivity index is 0.00000280. The van der Waals surface area contributed by atoms with Gasteiger partial charge in [0.25, 0.3) is 0 Å². The number of hydrogen-bond acceptors (Lipinski definition) is 3. The third kappa shape index (κ3) is 5.57. The lowest BCUT2D eigenvalue weighted by Crippen LogP contribution is -2.37. The number of nitrogens with one attached hydrogen (secondary N) is 2. The number of halogens is 4. The van der Waals surface area contributed by atoms with Gasteiger partial charge in [0.05, 0.1) is 18.7 Å². The standard InChI is InChI=1S/C18H19F3N6.HI/c1-2-22-17(23-11-13-6-8-14(9-7-13)18(19,20)21)24-12-16-26-25-15-5-3-4-10-27(15)16;/h3-10H,2,11-12H2,1H3,(H2,22,23,24);1H. The Bertz CT molecular complexity index is 921. The highest BCUT2D eigenvalue weighted by Gasteiger charge is 2.29. The molecule has 28 heavy (non-hydrogen) atoms. The molecule has 0 saturated heterocycles. The highest BCUT2D eigenvalue weighted by atomic mass is 127. The van der Waals surface area contributed by atoms with Crippen molar-refractivity contribution in [3.05, 3.63) is 65.6 Å². The van der Waals surface area contributed by atoms with E-state index in [0.717, 1.165) is 23.6 Å². The Labute approximate surface area is 177 Å². The van der Waals surface area contributed by atoms with Gasteiger partial charge in [0.15, 0.2) is 17.4 Å². The molecule has 0 amide bonds. The summed E-state index contributed by atoms with van der Waals surface area (Å²) in [6.07, 6.45) is -2.46. The van der Waals surface area contributed by atoms with Crippen molar-refractivity contribution in [1.82, 2.24) is 25.2 Å². The van der Waals surface area contributed by atoms with Gasteiger partial charge in [-0.05, 0) is 36.8 Å². The predicted molar refractivity (Wildman–Crippen MR) is 112 cm³/mol. The summed E-state index contributed by atoms with van der Waals surface area (Å²) in [5, 5.41) is 14.5. The molecule has 3 rings (SSSR count). The fraction of sp³-hybridized carbons (Fsp3) is 0.278. The summed E-state index contributed by atoms with van der Waals surface area (Å²) in [6.45, 7) is 3.25. The van der Waals surface area contributed by atoms with Crippen LogP contribution in [-0.4, -0.2) is 27.1 Å². The van der Waals surface area contributed by atoms with Crippen molar-refractivity contribution < 1.29 is 13.2 Å². The molecule has 0 spiro atoms. The van der Waals surface area contributed by atoms with Gasteiger partial charge < -0.3 is 10.6 Å². The van der Waals surface area contributed by atoms with E-state index in [2.05, 4.69) is 25.8 Å². The molecule has 2 N–H and O–H groups in total. The van der Waals surface area contributed by atoms with Crippen molar-refractivity contribution in [3.63, 3.8) is 0 Å². The fourth-order valence-corrected chi connectivity index (χ4v) is 2.49. The van der Waals surface area contributed by atoms with E-state index in [9.17, 15) is 13.2 Å². The molecule has 150 valence electrons. The Morgan fingerprint density at radius 2 is 1.82 bits per heavy atom.